The van der Waals surface area contributed by atoms with Crippen LogP contribution in [0.3, 0.4) is 0 Å². The van der Waals surface area contributed by atoms with Crippen molar-refractivity contribution in [3.05, 3.63) is 46.4 Å². The molecule has 0 atom stereocenters. The van der Waals surface area contributed by atoms with E-state index in [-0.39, 0.29) is 0 Å². The van der Waals surface area contributed by atoms with Gasteiger partial charge in [-0.1, -0.05) is 18.2 Å². The molecule has 0 saturated carbocycles. The molecule has 19 heavy (non-hydrogen) atoms. The maximum atomic E-state index is 12.1. The fourth-order valence-corrected chi connectivity index (χ4v) is 2.10. The van der Waals surface area contributed by atoms with E-state index in [0.717, 1.165) is 11.3 Å². The molecular formula is C14H13N3O2. The number of fused-ring (bicyclic) bond motifs is 1. The summed E-state index contributed by atoms with van der Waals surface area (Å²) >= 11 is 0. The van der Waals surface area contributed by atoms with Crippen molar-refractivity contribution in [2.45, 2.75) is 20.4 Å². The number of rotatable bonds is 2. The van der Waals surface area contributed by atoms with Crippen molar-refractivity contribution in [2.75, 3.05) is 0 Å². The highest BCUT2D eigenvalue weighted by molar-refractivity contribution is 5.77. The average molecular weight is 255 g/mol. The van der Waals surface area contributed by atoms with Crippen LogP contribution in [0, 0.1) is 6.92 Å². The first-order chi connectivity index (χ1) is 9.20. The largest absolute Gasteiger partial charge is 0.402 e. The summed E-state index contributed by atoms with van der Waals surface area (Å²) in [6.45, 7) is 4.38. The first kappa shape index (κ1) is 11.6. The zero-order valence-corrected chi connectivity index (χ0v) is 10.8. The molecule has 3 rings (SSSR count). The molecular weight excluding hydrogens is 242 g/mol. The van der Waals surface area contributed by atoms with Crippen LogP contribution in [0.1, 0.15) is 12.6 Å². The van der Waals surface area contributed by atoms with Crippen molar-refractivity contribution in [1.82, 2.24) is 14.8 Å². The highest BCUT2D eigenvalue weighted by atomic mass is 16.4. The second kappa shape index (κ2) is 4.35. The summed E-state index contributed by atoms with van der Waals surface area (Å²) in [5.74, 6) is 0.330. The fourth-order valence-electron chi connectivity index (χ4n) is 2.10. The molecule has 2 heterocycles. The summed E-state index contributed by atoms with van der Waals surface area (Å²) in [6, 6.07) is 9.38. The minimum atomic E-state index is -0.397. The molecule has 0 radical (unpaired) electrons. The smallest absolute Gasteiger partial charge is 0.365 e. The van der Waals surface area contributed by atoms with Gasteiger partial charge in [0.05, 0.1) is 5.69 Å². The van der Waals surface area contributed by atoms with Crippen LogP contribution in [-0.2, 0) is 6.54 Å². The lowest BCUT2D eigenvalue weighted by molar-refractivity contribution is 0.511. The van der Waals surface area contributed by atoms with E-state index in [1.165, 1.54) is 0 Å². The van der Waals surface area contributed by atoms with Crippen LogP contribution in [-0.4, -0.2) is 14.8 Å². The third-order valence-corrected chi connectivity index (χ3v) is 3.01. The molecule has 0 N–H and O–H groups in total. The van der Waals surface area contributed by atoms with Crippen molar-refractivity contribution >= 4 is 11.0 Å². The minimum absolute atomic E-state index is 0.330. The molecule has 3 aromatic rings. The lowest BCUT2D eigenvalue weighted by Gasteiger charge is -2.00. The molecule has 0 aliphatic heterocycles. The van der Waals surface area contributed by atoms with Gasteiger partial charge in [0.1, 0.15) is 5.52 Å². The van der Waals surface area contributed by atoms with Crippen LogP contribution < -0.4 is 5.63 Å². The molecule has 0 fully saturated rings. The molecule has 5 nitrogen and oxygen atoms in total. The Morgan fingerprint density at radius 3 is 2.68 bits per heavy atom. The predicted octanol–water partition coefficient (Wildman–Crippen LogP) is 2.38. The first-order valence-electron chi connectivity index (χ1n) is 6.14. The number of hydrogen-bond acceptors (Lipinski definition) is 4. The van der Waals surface area contributed by atoms with E-state index in [9.17, 15) is 4.79 Å². The fraction of sp³-hybridized carbons (Fsp3) is 0.214. The van der Waals surface area contributed by atoms with Crippen molar-refractivity contribution in [3.8, 4) is 11.5 Å². The molecule has 0 bridgehead atoms. The second-order valence-electron chi connectivity index (χ2n) is 4.27. The molecule has 0 aliphatic rings. The molecule has 0 spiro atoms. The quantitative estimate of drug-likeness (QED) is 0.705. The molecule has 5 heteroatoms. The Hall–Kier alpha value is -2.43. The Labute approximate surface area is 109 Å². The van der Waals surface area contributed by atoms with E-state index in [1.54, 1.807) is 4.68 Å². The zero-order chi connectivity index (χ0) is 13.4. The van der Waals surface area contributed by atoms with Crippen molar-refractivity contribution in [2.24, 2.45) is 0 Å². The maximum absolute atomic E-state index is 12.1. The summed E-state index contributed by atoms with van der Waals surface area (Å²) in [4.78, 5) is 16.5. The number of nitrogens with zero attached hydrogens (tertiary/aromatic N) is 3. The van der Waals surface area contributed by atoms with Gasteiger partial charge < -0.3 is 4.42 Å². The van der Waals surface area contributed by atoms with Gasteiger partial charge in [-0.15, -0.1) is 0 Å². The third-order valence-electron chi connectivity index (χ3n) is 3.01. The zero-order valence-electron chi connectivity index (χ0n) is 10.8. The SMILES string of the molecule is CCn1nc(C)c2nc(-c3ccccc3)oc(=O)c21. The summed E-state index contributed by atoms with van der Waals surface area (Å²) in [7, 11) is 0. The third kappa shape index (κ3) is 1.83. The van der Waals surface area contributed by atoms with E-state index in [2.05, 4.69) is 10.1 Å². The van der Waals surface area contributed by atoms with Gasteiger partial charge in [-0.25, -0.2) is 9.78 Å². The van der Waals surface area contributed by atoms with Gasteiger partial charge in [-0.2, -0.15) is 5.10 Å². The highest BCUT2D eigenvalue weighted by Crippen LogP contribution is 2.19. The van der Waals surface area contributed by atoms with Gasteiger partial charge in [0.25, 0.3) is 0 Å². The molecule has 0 unspecified atom stereocenters. The van der Waals surface area contributed by atoms with Crippen molar-refractivity contribution < 1.29 is 4.42 Å². The molecule has 0 amide bonds. The van der Waals surface area contributed by atoms with Crippen LogP contribution in [0.15, 0.2) is 39.5 Å². The standard InChI is InChI=1S/C14H13N3O2/c1-3-17-12-11(9(2)16-17)15-13(19-14(12)18)10-7-5-4-6-8-10/h4-8H,3H2,1-2H3. The summed E-state index contributed by atoms with van der Waals surface area (Å²) in [5.41, 5.74) is 2.16. The number of benzene rings is 1. The number of hydrogen-bond donors (Lipinski definition) is 0. The highest BCUT2D eigenvalue weighted by Gasteiger charge is 2.15. The molecule has 96 valence electrons. The Morgan fingerprint density at radius 2 is 2.00 bits per heavy atom. The Kier molecular flexibility index (Phi) is 2.67. The lowest BCUT2D eigenvalue weighted by atomic mass is 10.2. The van der Waals surface area contributed by atoms with Crippen molar-refractivity contribution in [1.29, 1.82) is 0 Å². The van der Waals surface area contributed by atoms with E-state index in [0.29, 0.717) is 23.5 Å². The number of aryl methyl sites for hydroxylation is 2. The Morgan fingerprint density at radius 1 is 1.26 bits per heavy atom. The van der Waals surface area contributed by atoms with E-state index in [1.807, 2.05) is 44.2 Å². The Bertz CT molecular complexity index is 788. The van der Waals surface area contributed by atoms with Gasteiger partial charge in [-0.05, 0) is 26.0 Å². The first-order valence-corrected chi connectivity index (χ1v) is 6.14. The van der Waals surface area contributed by atoms with Crippen LogP contribution in [0.4, 0.5) is 0 Å². The van der Waals surface area contributed by atoms with Crippen LogP contribution in [0.25, 0.3) is 22.5 Å². The van der Waals surface area contributed by atoms with Crippen LogP contribution in [0.5, 0.6) is 0 Å². The van der Waals surface area contributed by atoms with Gasteiger partial charge >= 0.3 is 5.63 Å². The average Bonchev–Trinajstić information content (AvgIpc) is 2.77. The normalized spacial score (nSPS) is 11.1. The van der Waals surface area contributed by atoms with Gasteiger partial charge in [0.15, 0.2) is 5.52 Å². The topological polar surface area (TPSA) is 60.9 Å². The summed E-state index contributed by atoms with van der Waals surface area (Å²) in [5, 5.41) is 4.30. The molecule has 2 aromatic heterocycles. The summed E-state index contributed by atoms with van der Waals surface area (Å²) < 4.78 is 6.93. The monoisotopic (exact) mass is 255 g/mol. The van der Waals surface area contributed by atoms with E-state index < -0.39 is 5.63 Å². The maximum Gasteiger partial charge on any atom is 0.365 e. The summed E-state index contributed by atoms with van der Waals surface area (Å²) in [6.07, 6.45) is 0. The van der Waals surface area contributed by atoms with Crippen LogP contribution >= 0.6 is 0 Å². The van der Waals surface area contributed by atoms with Gasteiger partial charge in [0.2, 0.25) is 5.89 Å². The predicted molar refractivity (Wildman–Crippen MR) is 71.9 cm³/mol. The molecule has 0 saturated heterocycles. The lowest BCUT2D eigenvalue weighted by Crippen LogP contribution is -2.08. The number of aromatic nitrogens is 3. The minimum Gasteiger partial charge on any atom is -0.402 e. The van der Waals surface area contributed by atoms with E-state index >= 15 is 0 Å². The van der Waals surface area contributed by atoms with E-state index in [4.69, 9.17) is 4.42 Å². The van der Waals surface area contributed by atoms with Crippen molar-refractivity contribution in [3.63, 3.8) is 0 Å². The molecule has 1 aromatic carbocycles. The van der Waals surface area contributed by atoms with Gasteiger partial charge in [0, 0.05) is 12.1 Å². The Balaban J connectivity index is 2.32. The second-order valence-corrected chi connectivity index (χ2v) is 4.27. The molecule has 0 aliphatic carbocycles. The van der Waals surface area contributed by atoms with Gasteiger partial charge in [-0.3, -0.25) is 4.68 Å². The van der Waals surface area contributed by atoms with Crippen LogP contribution in [0.2, 0.25) is 0 Å².